The molecule has 0 atom stereocenters. The molecule has 2 rings (SSSR count). The van der Waals surface area contributed by atoms with Crippen LogP contribution in [0.1, 0.15) is 27.3 Å². The molecule has 0 fully saturated rings. The molecular weight excluding hydrogens is 254 g/mol. The van der Waals surface area contributed by atoms with Crippen LogP contribution in [0.4, 0.5) is 5.69 Å². The van der Waals surface area contributed by atoms with Gasteiger partial charge in [0.05, 0.1) is 11.3 Å². The van der Waals surface area contributed by atoms with Gasteiger partial charge in [-0.2, -0.15) is 0 Å². The van der Waals surface area contributed by atoms with Crippen molar-refractivity contribution in [1.29, 1.82) is 0 Å². The lowest BCUT2D eigenvalue weighted by atomic mass is 10.2. The number of aryl methyl sites for hydroxylation is 2. The number of nitrogens with two attached hydrogens (primary N) is 1. The Hall–Kier alpha value is -2.47. The SMILES string of the molecule is Cc1ccc(CNC(=O)c2cnc(C)cc2NN)cn1. The lowest BCUT2D eigenvalue weighted by Crippen LogP contribution is -2.25. The second kappa shape index (κ2) is 6.12. The number of carbonyl (C=O) groups excluding carboxylic acids is 1. The first-order chi connectivity index (χ1) is 9.60. The summed E-state index contributed by atoms with van der Waals surface area (Å²) in [6, 6.07) is 5.56. The van der Waals surface area contributed by atoms with E-state index < -0.39 is 0 Å². The molecule has 1 amide bonds. The summed E-state index contributed by atoms with van der Waals surface area (Å²) in [6.07, 6.45) is 3.25. The third-order valence-corrected chi connectivity index (χ3v) is 2.87. The number of pyridine rings is 2. The Labute approximate surface area is 117 Å². The normalized spacial score (nSPS) is 10.2. The summed E-state index contributed by atoms with van der Waals surface area (Å²) >= 11 is 0. The topological polar surface area (TPSA) is 92.9 Å². The molecule has 0 saturated carbocycles. The Bertz CT molecular complexity index is 609. The monoisotopic (exact) mass is 271 g/mol. The highest BCUT2D eigenvalue weighted by atomic mass is 16.1. The average molecular weight is 271 g/mol. The number of nitrogens with zero attached hydrogens (tertiary/aromatic N) is 2. The number of aromatic nitrogens is 2. The van der Waals surface area contributed by atoms with Gasteiger partial charge in [-0.05, 0) is 31.5 Å². The van der Waals surface area contributed by atoms with Crippen molar-refractivity contribution in [2.24, 2.45) is 5.84 Å². The van der Waals surface area contributed by atoms with Crippen molar-refractivity contribution >= 4 is 11.6 Å². The molecule has 6 heteroatoms. The summed E-state index contributed by atoms with van der Waals surface area (Å²) in [7, 11) is 0. The second-order valence-electron chi connectivity index (χ2n) is 4.51. The van der Waals surface area contributed by atoms with Gasteiger partial charge in [0.25, 0.3) is 5.91 Å². The molecule has 2 heterocycles. The third kappa shape index (κ3) is 3.30. The van der Waals surface area contributed by atoms with E-state index in [0.717, 1.165) is 17.0 Å². The lowest BCUT2D eigenvalue weighted by molar-refractivity contribution is 0.0951. The standard InChI is InChI=1S/C14H17N5O/c1-9-3-4-11(6-16-9)7-18-14(20)12-8-17-10(2)5-13(12)19-15/h3-6,8H,7,15H2,1-2H3,(H,17,19)(H,18,20). The van der Waals surface area contributed by atoms with Gasteiger partial charge in [0.1, 0.15) is 0 Å². The Kier molecular flexibility index (Phi) is 4.27. The van der Waals surface area contributed by atoms with Crippen molar-refractivity contribution in [1.82, 2.24) is 15.3 Å². The molecule has 20 heavy (non-hydrogen) atoms. The fourth-order valence-electron chi connectivity index (χ4n) is 1.74. The van der Waals surface area contributed by atoms with Crippen LogP contribution in [0.3, 0.4) is 0 Å². The number of hydrazine groups is 1. The summed E-state index contributed by atoms with van der Waals surface area (Å²) < 4.78 is 0. The maximum atomic E-state index is 12.1. The van der Waals surface area contributed by atoms with Gasteiger partial charge in [-0.15, -0.1) is 0 Å². The molecule has 0 spiro atoms. The molecule has 0 radical (unpaired) electrons. The van der Waals surface area contributed by atoms with Crippen molar-refractivity contribution in [3.63, 3.8) is 0 Å². The molecule has 0 aromatic carbocycles. The van der Waals surface area contributed by atoms with Gasteiger partial charge in [-0.25, -0.2) is 0 Å². The molecule has 2 aromatic heterocycles. The molecular formula is C14H17N5O. The number of anilines is 1. The van der Waals surface area contributed by atoms with Crippen LogP contribution in [-0.2, 0) is 6.54 Å². The molecule has 2 aromatic rings. The maximum Gasteiger partial charge on any atom is 0.255 e. The van der Waals surface area contributed by atoms with Crippen molar-refractivity contribution < 1.29 is 4.79 Å². The largest absolute Gasteiger partial charge is 0.348 e. The number of hydrogen-bond acceptors (Lipinski definition) is 5. The Morgan fingerprint density at radius 3 is 2.60 bits per heavy atom. The predicted molar refractivity (Wildman–Crippen MR) is 76.9 cm³/mol. The van der Waals surface area contributed by atoms with Gasteiger partial charge in [0, 0.05) is 30.3 Å². The zero-order valence-electron chi connectivity index (χ0n) is 11.5. The zero-order chi connectivity index (χ0) is 14.5. The lowest BCUT2D eigenvalue weighted by Gasteiger charge is -2.10. The van der Waals surface area contributed by atoms with E-state index in [2.05, 4.69) is 20.7 Å². The van der Waals surface area contributed by atoms with E-state index in [4.69, 9.17) is 5.84 Å². The summed E-state index contributed by atoms with van der Waals surface area (Å²) in [5, 5.41) is 2.81. The number of nitrogens with one attached hydrogen (secondary N) is 2. The van der Waals surface area contributed by atoms with Crippen LogP contribution in [0.15, 0.2) is 30.6 Å². The molecule has 104 valence electrons. The molecule has 0 unspecified atom stereocenters. The number of amides is 1. The van der Waals surface area contributed by atoms with E-state index in [1.165, 1.54) is 6.20 Å². The summed E-state index contributed by atoms with van der Waals surface area (Å²) in [4.78, 5) is 20.4. The maximum absolute atomic E-state index is 12.1. The minimum absolute atomic E-state index is 0.231. The minimum atomic E-state index is -0.231. The molecule has 0 aliphatic rings. The van der Waals surface area contributed by atoms with Crippen LogP contribution in [-0.4, -0.2) is 15.9 Å². The number of nitrogen functional groups attached to an aromatic ring is 1. The zero-order valence-corrected chi connectivity index (χ0v) is 11.5. The third-order valence-electron chi connectivity index (χ3n) is 2.87. The van der Waals surface area contributed by atoms with Crippen molar-refractivity contribution in [3.8, 4) is 0 Å². The highest BCUT2D eigenvalue weighted by Crippen LogP contribution is 2.14. The van der Waals surface area contributed by atoms with Crippen LogP contribution in [0.5, 0.6) is 0 Å². The minimum Gasteiger partial charge on any atom is -0.348 e. The number of rotatable bonds is 4. The molecule has 6 nitrogen and oxygen atoms in total. The molecule has 0 aliphatic heterocycles. The van der Waals surface area contributed by atoms with Crippen LogP contribution < -0.4 is 16.6 Å². The van der Waals surface area contributed by atoms with Gasteiger partial charge >= 0.3 is 0 Å². The molecule has 0 saturated heterocycles. The van der Waals surface area contributed by atoms with E-state index in [9.17, 15) is 4.79 Å². The van der Waals surface area contributed by atoms with Crippen LogP contribution in [0.25, 0.3) is 0 Å². The van der Waals surface area contributed by atoms with Gasteiger partial charge in [-0.3, -0.25) is 20.6 Å². The van der Waals surface area contributed by atoms with E-state index in [-0.39, 0.29) is 5.91 Å². The van der Waals surface area contributed by atoms with Crippen LogP contribution in [0.2, 0.25) is 0 Å². The molecule has 0 aliphatic carbocycles. The Morgan fingerprint density at radius 1 is 1.20 bits per heavy atom. The first-order valence-corrected chi connectivity index (χ1v) is 6.23. The van der Waals surface area contributed by atoms with E-state index >= 15 is 0 Å². The summed E-state index contributed by atoms with van der Waals surface area (Å²) in [5.74, 6) is 5.18. The highest BCUT2D eigenvalue weighted by Gasteiger charge is 2.11. The van der Waals surface area contributed by atoms with E-state index in [0.29, 0.717) is 17.8 Å². The van der Waals surface area contributed by atoms with Gasteiger partial charge in [0.15, 0.2) is 0 Å². The van der Waals surface area contributed by atoms with Crippen molar-refractivity contribution in [2.75, 3.05) is 5.43 Å². The summed E-state index contributed by atoms with van der Waals surface area (Å²) in [5.41, 5.74) is 6.15. The molecule has 4 N–H and O–H groups in total. The average Bonchev–Trinajstić information content (AvgIpc) is 2.46. The Morgan fingerprint density at radius 2 is 1.95 bits per heavy atom. The van der Waals surface area contributed by atoms with Crippen molar-refractivity contribution in [3.05, 3.63) is 53.1 Å². The van der Waals surface area contributed by atoms with Crippen LogP contribution in [0, 0.1) is 13.8 Å². The van der Waals surface area contributed by atoms with Gasteiger partial charge in [-0.1, -0.05) is 6.07 Å². The number of carbonyl (C=O) groups is 1. The smallest absolute Gasteiger partial charge is 0.255 e. The number of hydrogen-bond donors (Lipinski definition) is 3. The highest BCUT2D eigenvalue weighted by molar-refractivity contribution is 5.99. The first-order valence-electron chi connectivity index (χ1n) is 6.23. The predicted octanol–water partition coefficient (Wildman–Crippen LogP) is 1.31. The molecule has 0 bridgehead atoms. The quantitative estimate of drug-likeness (QED) is 0.576. The fraction of sp³-hybridized carbons (Fsp3) is 0.214. The van der Waals surface area contributed by atoms with E-state index in [1.807, 2.05) is 26.0 Å². The Balaban J connectivity index is 2.07. The van der Waals surface area contributed by atoms with E-state index in [1.54, 1.807) is 12.3 Å². The van der Waals surface area contributed by atoms with Gasteiger partial charge < -0.3 is 10.7 Å². The second-order valence-corrected chi connectivity index (χ2v) is 4.51. The fourth-order valence-corrected chi connectivity index (χ4v) is 1.74. The summed E-state index contributed by atoms with van der Waals surface area (Å²) in [6.45, 7) is 4.16. The first kappa shape index (κ1) is 14.0. The van der Waals surface area contributed by atoms with Gasteiger partial charge in [0.2, 0.25) is 0 Å². The van der Waals surface area contributed by atoms with Crippen molar-refractivity contribution in [2.45, 2.75) is 20.4 Å². The van der Waals surface area contributed by atoms with Crippen LogP contribution >= 0.6 is 0 Å².